The van der Waals surface area contributed by atoms with E-state index in [1.165, 1.54) is 7.11 Å². The standard InChI is InChI=1S/C14H20O5/c1-5-19-14(17)13(16)11-9(8(2)3)6-7-10(18-4)12(11)15/h6-8,13,15-16H,5H2,1-4H3. The number of esters is 1. The van der Waals surface area contributed by atoms with Gasteiger partial charge in [-0.05, 0) is 24.5 Å². The number of hydrogen-bond donors (Lipinski definition) is 2. The summed E-state index contributed by atoms with van der Waals surface area (Å²) in [6, 6.07) is 3.33. The zero-order chi connectivity index (χ0) is 14.6. The van der Waals surface area contributed by atoms with Crippen molar-refractivity contribution in [2.45, 2.75) is 32.8 Å². The third-order valence-electron chi connectivity index (χ3n) is 2.84. The van der Waals surface area contributed by atoms with Crippen LogP contribution >= 0.6 is 0 Å². The van der Waals surface area contributed by atoms with Crippen molar-refractivity contribution < 1.29 is 24.5 Å². The number of aromatic hydroxyl groups is 1. The number of aliphatic hydroxyl groups excluding tert-OH is 1. The molecule has 0 bridgehead atoms. The molecule has 0 amide bonds. The van der Waals surface area contributed by atoms with Crippen LogP contribution in [0.15, 0.2) is 12.1 Å². The Morgan fingerprint density at radius 3 is 2.47 bits per heavy atom. The van der Waals surface area contributed by atoms with Gasteiger partial charge in [0.15, 0.2) is 17.6 Å². The maximum absolute atomic E-state index is 11.6. The third kappa shape index (κ3) is 3.17. The first kappa shape index (κ1) is 15.3. The molecule has 0 saturated heterocycles. The van der Waals surface area contributed by atoms with Crippen LogP contribution in [0.5, 0.6) is 11.5 Å². The van der Waals surface area contributed by atoms with E-state index in [1.54, 1.807) is 19.1 Å². The van der Waals surface area contributed by atoms with E-state index in [9.17, 15) is 15.0 Å². The number of rotatable bonds is 5. The lowest BCUT2D eigenvalue weighted by molar-refractivity contribution is -0.153. The number of phenolic OH excluding ortho intramolecular Hbond substituents is 1. The summed E-state index contributed by atoms with van der Waals surface area (Å²) >= 11 is 0. The predicted molar refractivity (Wildman–Crippen MR) is 70.3 cm³/mol. The van der Waals surface area contributed by atoms with Crippen LogP contribution in [-0.2, 0) is 9.53 Å². The highest BCUT2D eigenvalue weighted by Crippen LogP contribution is 2.39. The fourth-order valence-corrected chi connectivity index (χ4v) is 1.90. The van der Waals surface area contributed by atoms with Gasteiger partial charge in [0, 0.05) is 5.56 Å². The second-order valence-corrected chi connectivity index (χ2v) is 4.43. The Hall–Kier alpha value is -1.75. The van der Waals surface area contributed by atoms with Gasteiger partial charge in [-0.2, -0.15) is 0 Å². The van der Waals surface area contributed by atoms with Gasteiger partial charge in [0.2, 0.25) is 0 Å². The van der Waals surface area contributed by atoms with Gasteiger partial charge in [-0.15, -0.1) is 0 Å². The lowest BCUT2D eigenvalue weighted by Crippen LogP contribution is -2.17. The zero-order valence-corrected chi connectivity index (χ0v) is 11.6. The summed E-state index contributed by atoms with van der Waals surface area (Å²) in [5, 5.41) is 20.2. The lowest BCUT2D eigenvalue weighted by Gasteiger charge is -2.19. The first-order chi connectivity index (χ1) is 8.93. The van der Waals surface area contributed by atoms with Crippen LogP contribution in [0.25, 0.3) is 0 Å². The molecule has 0 spiro atoms. The molecule has 0 aliphatic carbocycles. The Balaban J connectivity index is 3.32. The van der Waals surface area contributed by atoms with E-state index in [0.29, 0.717) is 5.56 Å². The minimum atomic E-state index is -1.52. The Labute approximate surface area is 112 Å². The normalized spacial score (nSPS) is 12.3. The van der Waals surface area contributed by atoms with Crippen LogP contribution in [0, 0.1) is 0 Å². The fraction of sp³-hybridized carbons (Fsp3) is 0.500. The molecule has 1 rings (SSSR count). The lowest BCUT2D eigenvalue weighted by atomic mass is 9.92. The predicted octanol–water partition coefficient (Wildman–Crippen LogP) is 2.12. The second kappa shape index (κ2) is 6.43. The number of phenols is 1. The first-order valence-corrected chi connectivity index (χ1v) is 6.18. The highest BCUT2D eigenvalue weighted by atomic mass is 16.5. The third-order valence-corrected chi connectivity index (χ3v) is 2.84. The van der Waals surface area contributed by atoms with Crippen LogP contribution in [0.1, 0.15) is 43.9 Å². The highest BCUT2D eigenvalue weighted by Gasteiger charge is 2.28. The summed E-state index contributed by atoms with van der Waals surface area (Å²) in [4.78, 5) is 11.6. The second-order valence-electron chi connectivity index (χ2n) is 4.43. The Morgan fingerprint density at radius 2 is 2.00 bits per heavy atom. The molecule has 106 valence electrons. The molecule has 19 heavy (non-hydrogen) atoms. The van der Waals surface area contributed by atoms with Gasteiger partial charge in [-0.1, -0.05) is 19.9 Å². The van der Waals surface area contributed by atoms with E-state index in [2.05, 4.69) is 0 Å². The summed E-state index contributed by atoms with van der Waals surface area (Å²) in [7, 11) is 1.41. The maximum Gasteiger partial charge on any atom is 0.339 e. The summed E-state index contributed by atoms with van der Waals surface area (Å²) in [5.74, 6) is -0.763. The Kier molecular flexibility index (Phi) is 5.18. The van der Waals surface area contributed by atoms with Crippen molar-refractivity contribution in [2.24, 2.45) is 0 Å². The number of carbonyl (C=O) groups is 1. The van der Waals surface area contributed by atoms with Crippen LogP contribution < -0.4 is 4.74 Å². The summed E-state index contributed by atoms with van der Waals surface area (Å²) in [5.41, 5.74) is 0.826. The monoisotopic (exact) mass is 268 g/mol. The van der Waals surface area contributed by atoms with Crippen LogP contribution in [0.4, 0.5) is 0 Å². The van der Waals surface area contributed by atoms with Crippen molar-refractivity contribution in [2.75, 3.05) is 13.7 Å². The Morgan fingerprint density at radius 1 is 1.37 bits per heavy atom. The van der Waals surface area contributed by atoms with E-state index in [0.717, 1.165) is 0 Å². The highest BCUT2D eigenvalue weighted by molar-refractivity contribution is 5.78. The molecule has 0 heterocycles. The van der Waals surface area contributed by atoms with Gasteiger partial charge in [0.05, 0.1) is 13.7 Å². The van der Waals surface area contributed by atoms with E-state index < -0.39 is 12.1 Å². The molecule has 1 aromatic rings. The molecular formula is C14H20O5. The molecule has 1 unspecified atom stereocenters. The molecule has 1 aromatic carbocycles. The number of benzene rings is 1. The number of methoxy groups -OCH3 is 1. The number of aliphatic hydroxyl groups is 1. The van der Waals surface area contributed by atoms with Gasteiger partial charge in [-0.25, -0.2) is 4.79 Å². The zero-order valence-electron chi connectivity index (χ0n) is 11.6. The van der Waals surface area contributed by atoms with Crippen LogP contribution in [-0.4, -0.2) is 29.9 Å². The SMILES string of the molecule is CCOC(=O)C(O)c1c(C(C)C)ccc(OC)c1O. The van der Waals surface area contributed by atoms with E-state index in [1.807, 2.05) is 13.8 Å². The minimum absolute atomic E-state index is 0.0379. The molecule has 0 aliphatic rings. The van der Waals surface area contributed by atoms with Crippen molar-refractivity contribution in [3.8, 4) is 11.5 Å². The minimum Gasteiger partial charge on any atom is -0.504 e. The van der Waals surface area contributed by atoms with E-state index in [4.69, 9.17) is 9.47 Å². The number of carbonyl (C=O) groups excluding carboxylic acids is 1. The number of ether oxygens (including phenoxy) is 2. The molecular weight excluding hydrogens is 248 g/mol. The summed E-state index contributed by atoms with van der Waals surface area (Å²) < 4.78 is 9.78. The van der Waals surface area contributed by atoms with Gasteiger partial charge in [0.1, 0.15) is 0 Å². The molecule has 0 fully saturated rings. The number of hydrogen-bond acceptors (Lipinski definition) is 5. The molecule has 2 N–H and O–H groups in total. The van der Waals surface area contributed by atoms with E-state index >= 15 is 0 Å². The van der Waals surface area contributed by atoms with Gasteiger partial charge in [-0.3, -0.25) is 0 Å². The summed E-state index contributed by atoms with van der Waals surface area (Å²) in [6.45, 7) is 5.63. The smallest absolute Gasteiger partial charge is 0.339 e. The van der Waals surface area contributed by atoms with Gasteiger partial charge >= 0.3 is 5.97 Å². The summed E-state index contributed by atoms with van der Waals surface area (Å²) in [6.07, 6.45) is -1.52. The first-order valence-electron chi connectivity index (χ1n) is 6.18. The van der Waals surface area contributed by atoms with Crippen molar-refractivity contribution in [3.05, 3.63) is 23.3 Å². The fourth-order valence-electron chi connectivity index (χ4n) is 1.90. The van der Waals surface area contributed by atoms with E-state index in [-0.39, 0.29) is 29.6 Å². The molecule has 5 nitrogen and oxygen atoms in total. The quantitative estimate of drug-likeness (QED) is 0.800. The Bertz CT molecular complexity index is 453. The van der Waals surface area contributed by atoms with Crippen molar-refractivity contribution >= 4 is 5.97 Å². The van der Waals surface area contributed by atoms with Gasteiger partial charge in [0.25, 0.3) is 0 Å². The molecule has 0 aromatic heterocycles. The molecule has 0 saturated carbocycles. The molecule has 0 aliphatic heterocycles. The van der Waals surface area contributed by atoms with Crippen molar-refractivity contribution in [3.63, 3.8) is 0 Å². The topological polar surface area (TPSA) is 76.0 Å². The molecule has 5 heteroatoms. The van der Waals surface area contributed by atoms with Crippen molar-refractivity contribution in [1.82, 2.24) is 0 Å². The van der Waals surface area contributed by atoms with Crippen LogP contribution in [0.2, 0.25) is 0 Å². The largest absolute Gasteiger partial charge is 0.504 e. The molecule has 1 atom stereocenters. The average Bonchev–Trinajstić information content (AvgIpc) is 2.37. The van der Waals surface area contributed by atoms with Crippen LogP contribution in [0.3, 0.4) is 0 Å². The molecule has 0 radical (unpaired) electrons. The maximum atomic E-state index is 11.6. The van der Waals surface area contributed by atoms with Crippen molar-refractivity contribution in [1.29, 1.82) is 0 Å². The van der Waals surface area contributed by atoms with Gasteiger partial charge < -0.3 is 19.7 Å². The average molecular weight is 268 g/mol.